The summed E-state index contributed by atoms with van der Waals surface area (Å²) in [6, 6.07) is 12.2. The maximum atomic E-state index is 12.3. The Hall–Kier alpha value is -2.56. The largest absolute Gasteiger partial charge is 0.348 e. The number of carbonyl (C=O) groups excluding carboxylic acids is 1. The molecule has 0 unspecified atom stereocenters. The predicted octanol–water partition coefficient (Wildman–Crippen LogP) is 3.91. The van der Waals surface area contributed by atoms with Crippen LogP contribution in [0.25, 0.3) is 0 Å². The number of fused-ring (bicyclic) bond motifs is 1. The Morgan fingerprint density at radius 3 is 2.72 bits per heavy atom. The molecule has 130 valence electrons. The number of carbonyl (C=O) groups is 1. The molecule has 0 saturated heterocycles. The summed E-state index contributed by atoms with van der Waals surface area (Å²) >= 11 is 0. The molecule has 0 spiro atoms. The maximum Gasteiger partial charge on any atom is 0.319 e. The number of aromatic nitrogens is 1. The quantitative estimate of drug-likeness (QED) is 0.893. The molecule has 1 fully saturated rings. The molecule has 5 nitrogen and oxygen atoms in total. The van der Waals surface area contributed by atoms with Gasteiger partial charge < -0.3 is 15.5 Å². The maximum absolute atomic E-state index is 12.3. The summed E-state index contributed by atoms with van der Waals surface area (Å²) in [7, 11) is 0. The third-order valence-corrected chi connectivity index (χ3v) is 5.14. The van der Waals surface area contributed by atoms with Crippen LogP contribution in [0.3, 0.4) is 0 Å². The summed E-state index contributed by atoms with van der Waals surface area (Å²) in [5.74, 6) is 0.964. The van der Waals surface area contributed by atoms with Crippen molar-refractivity contribution in [2.75, 3.05) is 10.2 Å². The minimum Gasteiger partial charge on any atom is -0.348 e. The molecule has 2 aliphatic rings. The number of anilines is 2. The van der Waals surface area contributed by atoms with Gasteiger partial charge >= 0.3 is 6.03 Å². The van der Waals surface area contributed by atoms with Crippen molar-refractivity contribution < 1.29 is 4.79 Å². The first-order chi connectivity index (χ1) is 12.0. The van der Waals surface area contributed by atoms with Crippen LogP contribution in [0.2, 0.25) is 0 Å². The normalized spacial score (nSPS) is 18.4. The van der Waals surface area contributed by atoms with Crippen molar-refractivity contribution in [2.24, 2.45) is 5.41 Å². The summed E-state index contributed by atoms with van der Waals surface area (Å²) in [6.07, 6.45) is 3.90. The average Bonchev–Trinajstić information content (AvgIpc) is 2.99. The first-order valence-corrected chi connectivity index (χ1v) is 8.84. The molecule has 1 aliphatic heterocycles. The molecule has 2 N–H and O–H groups in total. The molecule has 25 heavy (non-hydrogen) atoms. The van der Waals surface area contributed by atoms with Crippen molar-refractivity contribution in [3.05, 3.63) is 53.7 Å². The van der Waals surface area contributed by atoms with Gasteiger partial charge in [0.05, 0.1) is 0 Å². The Morgan fingerprint density at radius 2 is 2.00 bits per heavy atom. The van der Waals surface area contributed by atoms with E-state index in [0.29, 0.717) is 5.41 Å². The first kappa shape index (κ1) is 15.9. The van der Waals surface area contributed by atoms with Gasteiger partial charge in [-0.3, -0.25) is 0 Å². The van der Waals surface area contributed by atoms with Gasteiger partial charge in [-0.05, 0) is 42.0 Å². The predicted molar refractivity (Wildman–Crippen MR) is 99.5 cm³/mol. The van der Waals surface area contributed by atoms with Crippen LogP contribution in [-0.4, -0.2) is 17.1 Å². The number of pyridine rings is 1. The molecule has 4 rings (SSSR count). The van der Waals surface area contributed by atoms with E-state index in [1.54, 1.807) is 0 Å². The SMILES string of the molecule is CC1(C)CC(NC(=O)Nc2cccc3c2CN(c2ccccn2)C3)C1. The fourth-order valence-corrected chi connectivity index (χ4v) is 3.96. The molecule has 1 aromatic carbocycles. The van der Waals surface area contributed by atoms with Crippen LogP contribution < -0.4 is 15.5 Å². The second-order valence-electron chi connectivity index (χ2n) is 7.86. The average molecular weight is 336 g/mol. The third kappa shape index (κ3) is 3.31. The van der Waals surface area contributed by atoms with Gasteiger partial charge in [0, 0.05) is 36.6 Å². The molecule has 1 aliphatic carbocycles. The summed E-state index contributed by atoms with van der Waals surface area (Å²) in [5.41, 5.74) is 3.67. The zero-order valence-electron chi connectivity index (χ0n) is 14.7. The zero-order valence-corrected chi connectivity index (χ0v) is 14.7. The van der Waals surface area contributed by atoms with Crippen LogP contribution in [-0.2, 0) is 13.1 Å². The van der Waals surface area contributed by atoms with Gasteiger partial charge in [-0.15, -0.1) is 0 Å². The zero-order chi connectivity index (χ0) is 17.4. The first-order valence-electron chi connectivity index (χ1n) is 8.84. The summed E-state index contributed by atoms with van der Waals surface area (Å²) in [4.78, 5) is 19.0. The second kappa shape index (κ2) is 6.06. The van der Waals surface area contributed by atoms with E-state index in [0.717, 1.165) is 37.4 Å². The summed E-state index contributed by atoms with van der Waals surface area (Å²) in [5, 5.41) is 6.12. The van der Waals surface area contributed by atoms with Crippen molar-refractivity contribution >= 4 is 17.5 Å². The lowest BCUT2D eigenvalue weighted by molar-refractivity contribution is 0.132. The van der Waals surface area contributed by atoms with Gasteiger partial charge in [0.15, 0.2) is 0 Å². The molecular formula is C20H24N4O. The Bertz CT molecular complexity index is 780. The fourth-order valence-electron chi connectivity index (χ4n) is 3.96. The minimum atomic E-state index is -0.106. The van der Waals surface area contributed by atoms with E-state index in [1.807, 2.05) is 36.5 Å². The van der Waals surface area contributed by atoms with Crippen LogP contribution in [0.15, 0.2) is 42.6 Å². The highest BCUT2D eigenvalue weighted by atomic mass is 16.2. The lowest BCUT2D eigenvalue weighted by Gasteiger charge is -2.42. The molecule has 0 atom stereocenters. The van der Waals surface area contributed by atoms with E-state index >= 15 is 0 Å². The van der Waals surface area contributed by atoms with Crippen LogP contribution in [0, 0.1) is 5.41 Å². The fraction of sp³-hybridized carbons (Fsp3) is 0.400. The number of urea groups is 1. The molecule has 0 radical (unpaired) electrons. The molecule has 1 saturated carbocycles. The standard InChI is InChI=1S/C20H24N4O/c1-20(2)10-15(11-20)22-19(25)23-17-7-5-6-14-12-24(13-16(14)17)18-8-3-4-9-21-18/h3-9,15H,10-13H2,1-2H3,(H2,22,23,25). The van der Waals surface area contributed by atoms with E-state index in [2.05, 4.69) is 40.4 Å². The van der Waals surface area contributed by atoms with E-state index < -0.39 is 0 Å². The van der Waals surface area contributed by atoms with Crippen molar-refractivity contribution in [3.8, 4) is 0 Å². The van der Waals surface area contributed by atoms with Gasteiger partial charge in [0.1, 0.15) is 5.82 Å². The highest BCUT2D eigenvalue weighted by Crippen LogP contribution is 2.39. The lowest BCUT2D eigenvalue weighted by atomic mass is 9.68. The van der Waals surface area contributed by atoms with Crippen LogP contribution in [0.4, 0.5) is 16.3 Å². The number of benzene rings is 1. The highest BCUT2D eigenvalue weighted by Gasteiger charge is 2.36. The number of nitrogens with zero attached hydrogens (tertiary/aromatic N) is 2. The number of nitrogens with one attached hydrogen (secondary N) is 2. The van der Waals surface area contributed by atoms with Gasteiger partial charge in [-0.2, -0.15) is 0 Å². The van der Waals surface area contributed by atoms with Gasteiger partial charge in [-0.1, -0.05) is 32.0 Å². The van der Waals surface area contributed by atoms with E-state index in [4.69, 9.17) is 0 Å². The number of hydrogen-bond acceptors (Lipinski definition) is 3. The molecule has 0 bridgehead atoms. The molecular weight excluding hydrogens is 312 g/mol. The smallest absolute Gasteiger partial charge is 0.319 e. The van der Waals surface area contributed by atoms with Crippen molar-refractivity contribution in [2.45, 2.75) is 45.8 Å². The Morgan fingerprint density at radius 1 is 1.16 bits per heavy atom. The topological polar surface area (TPSA) is 57.3 Å². The summed E-state index contributed by atoms with van der Waals surface area (Å²) in [6.45, 7) is 6.05. The molecule has 1 aromatic heterocycles. The molecule has 2 heterocycles. The van der Waals surface area contributed by atoms with E-state index in [9.17, 15) is 4.79 Å². The molecule has 5 heteroatoms. The summed E-state index contributed by atoms with van der Waals surface area (Å²) < 4.78 is 0. The van der Waals surface area contributed by atoms with Gasteiger partial charge in [0.2, 0.25) is 0 Å². The Labute approximate surface area is 148 Å². The molecule has 2 amide bonds. The van der Waals surface area contributed by atoms with E-state index in [-0.39, 0.29) is 12.1 Å². The van der Waals surface area contributed by atoms with Crippen molar-refractivity contribution in [3.63, 3.8) is 0 Å². The number of rotatable bonds is 3. The monoisotopic (exact) mass is 336 g/mol. The van der Waals surface area contributed by atoms with E-state index in [1.165, 1.54) is 11.1 Å². The van der Waals surface area contributed by atoms with Crippen molar-refractivity contribution in [1.82, 2.24) is 10.3 Å². The van der Waals surface area contributed by atoms with Crippen molar-refractivity contribution in [1.29, 1.82) is 0 Å². The Balaban J connectivity index is 1.43. The number of amides is 2. The number of hydrogen-bond donors (Lipinski definition) is 2. The van der Waals surface area contributed by atoms with Gasteiger partial charge in [0.25, 0.3) is 0 Å². The third-order valence-electron chi connectivity index (χ3n) is 5.14. The van der Waals surface area contributed by atoms with Crippen LogP contribution >= 0.6 is 0 Å². The van der Waals surface area contributed by atoms with Crippen LogP contribution in [0.1, 0.15) is 37.8 Å². The molecule has 2 aromatic rings. The second-order valence-corrected chi connectivity index (χ2v) is 7.86. The lowest BCUT2D eigenvalue weighted by Crippen LogP contribution is -2.49. The van der Waals surface area contributed by atoms with Crippen LogP contribution in [0.5, 0.6) is 0 Å². The highest BCUT2D eigenvalue weighted by molar-refractivity contribution is 5.90. The minimum absolute atomic E-state index is 0.106. The van der Waals surface area contributed by atoms with Gasteiger partial charge in [-0.25, -0.2) is 9.78 Å². The Kier molecular flexibility index (Phi) is 3.86.